The predicted molar refractivity (Wildman–Crippen MR) is 77.5 cm³/mol. The van der Waals surface area contributed by atoms with E-state index in [-0.39, 0.29) is 30.8 Å². The molecule has 2 aliphatic rings. The van der Waals surface area contributed by atoms with E-state index < -0.39 is 29.4 Å². The molecule has 1 aliphatic heterocycles. The van der Waals surface area contributed by atoms with Crippen molar-refractivity contribution in [2.24, 2.45) is 11.3 Å². The molecule has 0 aromatic carbocycles. The third-order valence-electron chi connectivity index (χ3n) is 5.19. The van der Waals surface area contributed by atoms with Gasteiger partial charge in [0.25, 0.3) is 5.91 Å². The Labute approximate surface area is 136 Å². The maximum absolute atomic E-state index is 13.3. The fourth-order valence-corrected chi connectivity index (χ4v) is 3.82. The molecule has 1 unspecified atom stereocenters. The summed E-state index contributed by atoms with van der Waals surface area (Å²) in [7, 11) is 0. The molecular weight excluding hydrogens is 325 g/mol. The lowest BCUT2D eigenvalue weighted by Gasteiger charge is -2.54. The Morgan fingerprint density at radius 1 is 1.33 bits per heavy atom. The van der Waals surface area contributed by atoms with Crippen molar-refractivity contribution in [3.05, 3.63) is 29.6 Å². The fourth-order valence-electron chi connectivity index (χ4n) is 3.82. The van der Waals surface area contributed by atoms with Gasteiger partial charge in [-0.25, -0.2) is 4.79 Å². The van der Waals surface area contributed by atoms with Crippen LogP contribution in [0.2, 0.25) is 0 Å². The van der Waals surface area contributed by atoms with Gasteiger partial charge in [-0.15, -0.1) is 0 Å². The minimum Gasteiger partial charge on any atom is -0.478 e. The zero-order valence-corrected chi connectivity index (χ0v) is 12.8. The molecule has 0 radical (unpaired) electrons. The van der Waals surface area contributed by atoms with Crippen molar-refractivity contribution in [2.45, 2.75) is 31.9 Å². The average Bonchev–Trinajstić information content (AvgIpc) is 2.51. The SMILES string of the molecule is O=C(O)c1ccnc(C(=O)N2CCC(C(F)(F)F)C3(CCC3)C2)c1. The summed E-state index contributed by atoms with van der Waals surface area (Å²) in [5, 5.41) is 8.98. The molecule has 1 amide bonds. The summed E-state index contributed by atoms with van der Waals surface area (Å²) in [6, 6.07) is 2.43. The first-order valence-electron chi connectivity index (χ1n) is 7.78. The molecule has 5 nitrogen and oxygen atoms in total. The molecule has 2 heterocycles. The number of alkyl halides is 3. The Bertz CT molecular complexity index is 671. The van der Waals surface area contributed by atoms with Crippen molar-refractivity contribution in [2.75, 3.05) is 13.1 Å². The van der Waals surface area contributed by atoms with E-state index in [4.69, 9.17) is 5.11 Å². The molecule has 8 heteroatoms. The number of carbonyl (C=O) groups excluding carboxylic acids is 1. The van der Waals surface area contributed by atoms with Gasteiger partial charge in [0.2, 0.25) is 0 Å². The van der Waals surface area contributed by atoms with E-state index in [1.165, 1.54) is 17.2 Å². The first-order chi connectivity index (χ1) is 11.2. The molecule has 1 saturated carbocycles. The Morgan fingerprint density at radius 3 is 2.58 bits per heavy atom. The largest absolute Gasteiger partial charge is 0.478 e. The molecular formula is C16H17F3N2O3. The third-order valence-corrected chi connectivity index (χ3v) is 5.19. The Hall–Kier alpha value is -2.12. The summed E-state index contributed by atoms with van der Waals surface area (Å²) in [5.74, 6) is -3.07. The van der Waals surface area contributed by atoms with Gasteiger partial charge >= 0.3 is 12.1 Å². The van der Waals surface area contributed by atoms with Crippen molar-refractivity contribution in [1.29, 1.82) is 0 Å². The van der Waals surface area contributed by atoms with E-state index in [1.54, 1.807) is 0 Å². The van der Waals surface area contributed by atoms with Crippen molar-refractivity contribution >= 4 is 11.9 Å². The van der Waals surface area contributed by atoms with Crippen LogP contribution in [0.5, 0.6) is 0 Å². The summed E-state index contributed by atoms with van der Waals surface area (Å²) in [6.45, 7) is 0.0543. The molecule has 3 rings (SSSR count). The van der Waals surface area contributed by atoms with Crippen LogP contribution in [0.25, 0.3) is 0 Å². The standard InChI is InChI=1S/C16H17F3N2O3/c17-16(18,19)12-3-7-21(9-15(12)4-1-5-15)13(22)11-8-10(14(23)24)2-6-20-11/h2,6,8,12H,1,3-5,7,9H2,(H,23,24). The first kappa shape index (κ1) is 16.7. The number of carboxylic acids is 1. The number of hydrogen-bond donors (Lipinski definition) is 1. The van der Waals surface area contributed by atoms with Gasteiger partial charge in [0.05, 0.1) is 11.5 Å². The van der Waals surface area contributed by atoms with Gasteiger partial charge in [0.15, 0.2) is 0 Å². The van der Waals surface area contributed by atoms with Crippen LogP contribution in [-0.4, -0.2) is 46.1 Å². The van der Waals surface area contributed by atoms with Crippen LogP contribution in [0, 0.1) is 11.3 Å². The number of carbonyl (C=O) groups is 2. The van der Waals surface area contributed by atoms with Gasteiger partial charge in [-0.1, -0.05) is 6.42 Å². The zero-order valence-electron chi connectivity index (χ0n) is 12.8. The van der Waals surface area contributed by atoms with Crippen molar-refractivity contribution < 1.29 is 27.9 Å². The highest BCUT2D eigenvalue weighted by Crippen LogP contribution is 2.56. The third kappa shape index (κ3) is 2.85. The van der Waals surface area contributed by atoms with Crippen LogP contribution in [0.1, 0.15) is 46.5 Å². The van der Waals surface area contributed by atoms with E-state index in [0.29, 0.717) is 12.8 Å². The van der Waals surface area contributed by atoms with Crippen molar-refractivity contribution in [3.63, 3.8) is 0 Å². The van der Waals surface area contributed by atoms with E-state index in [0.717, 1.165) is 12.5 Å². The van der Waals surface area contributed by atoms with Crippen LogP contribution >= 0.6 is 0 Å². The summed E-state index contributed by atoms with van der Waals surface area (Å²) in [4.78, 5) is 28.8. The Morgan fingerprint density at radius 2 is 2.04 bits per heavy atom. The van der Waals surface area contributed by atoms with Gasteiger partial charge in [-0.2, -0.15) is 13.2 Å². The van der Waals surface area contributed by atoms with Gasteiger partial charge < -0.3 is 10.0 Å². The van der Waals surface area contributed by atoms with Gasteiger partial charge in [-0.05, 0) is 36.8 Å². The Balaban J connectivity index is 1.80. The van der Waals surface area contributed by atoms with Gasteiger partial charge in [-0.3, -0.25) is 9.78 Å². The number of nitrogens with zero attached hydrogens (tertiary/aromatic N) is 2. The van der Waals surface area contributed by atoms with Crippen LogP contribution in [0.15, 0.2) is 18.3 Å². The van der Waals surface area contributed by atoms with E-state index in [1.807, 2.05) is 0 Å². The normalized spacial score (nSPS) is 23.0. The highest BCUT2D eigenvalue weighted by atomic mass is 19.4. The second kappa shape index (κ2) is 5.75. The molecule has 1 atom stereocenters. The number of hydrogen-bond acceptors (Lipinski definition) is 3. The van der Waals surface area contributed by atoms with Crippen molar-refractivity contribution in [1.82, 2.24) is 9.88 Å². The molecule has 1 aliphatic carbocycles. The quantitative estimate of drug-likeness (QED) is 0.897. The minimum absolute atomic E-state index is 0.00371. The molecule has 24 heavy (non-hydrogen) atoms. The number of amides is 1. The zero-order chi connectivity index (χ0) is 17.5. The second-order valence-corrected chi connectivity index (χ2v) is 6.56. The molecule has 1 saturated heterocycles. The summed E-state index contributed by atoms with van der Waals surface area (Å²) in [6.07, 6.45) is -1.49. The summed E-state index contributed by atoms with van der Waals surface area (Å²) in [5.41, 5.74) is -1.01. The predicted octanol–water partition coefficient (Wildman–Crippen LogP) is 2.97. The van der Waals surface area contributed by atoms with E-state index in [9.17, 15) is 22.8 Å². The number of carboxylic acid groups (broad SMARTS) is 1. The number of piperidine rings is 1. The first-order valence-corrected chi connectivity index (χ1v) is 7.78. The van der Waals surface area contributed by atoms with E-state index in [2.05, 4.69) is 4.98 Å². The molecule has 1 aromatic rings. The molecule has 1 N–H and O–H groups in total. The topological polar surface area (TPSA) is 70.5 Å². The highest BCUT2D eigenvalue weighted by molar-refractivity contribution is 5.95. The van der Waals surface area contributed by atoms with E-state index >= 15 is 0 Å². The maximum atomic E-state index is 13.3. The van der Waals surface area contributed by atoms with Crippen LogP contribution < -0.4 is 0 Å². The minimum atomic E-state index is -4.25. The number of aromatic nitrogens is 1. The van der Waals surface area contributed by atoms with Gasteiger partial charge in [0.1, 0.15) is 5.69 Å². The Kier molecular flexibility index (Phi) is 4.01. The number of likely N-dealkylation sites (tertiary alicyclic amines) is 1. The second-order valence-electron chi connectivity index (χ2n) is 6.56. The average molecular weight is 342 g/mol. The number of pyridine rings is 1. The number of halogens is 3. The van der Waals surface area contributed by atoms with Crippen LogP contribution in [0.3, 0.4) is 0 Å². The summed E-state index contributed by atoms with van der Waals surface area (Å²) < 4.78 is 39.8. The lowest BCUT2D eigenvalue weighted by Crippen LogP contribution is -2.57. The summed E-state index contributed by atoms with van der Waals surface area (Å²) >= 11 is 0. The number of aromatic carboxylic acids is 1. The molecule has 1 spiro atoms. The smallest absolute Gasteiger partial charge is 0.392 e. The molecule has 0 bridgehead atoms. The van der Waals surface area contributed by atoms with Gasteiger partial charge in [0, 0.05) is 19.3 Å². The van der Waals surface area contributed by atoms with Crippen LogP contribution in [-0.2, 0) is 0 Å². The lowest BCUT2D eigenvalue weighted by molar-refractivity contribution is -0.235. The molecule has 130 valence electrons. The monoisotopic (exact) mass is 342 g/mol. The lowest BCUT2D eigenvalue weighted by atomic mass is 9.58. The number of rotatable bonds is 2. The molecule has 2 fully saturated rings. The van der Waals surface area contributed by atoms with Crippen LogP contribution in [0.4, 0.5) is 13.2 Å². The fraction of sp³-hybridized carbons (Fsp3) is 0.562. The van der Waals surface area contributed by atoms with Crippen molar-refractivity contribution in [3.8, 4) is 0 Å². The highest BCUT2D eigenvalue weighted by Gasteiger charge is 2.58. The maximum Gasteiger partial charge on any atom is 0.392 e. The molecule has 1 aromatic heterocycles.